The van der Waals surface area contributed by atoms with Gasteiger partial charge in [-0.3, -0.25) is 14.4 Å². The molecule has 0 spiro atoms. The van der Waals surface area contributed by atoms with E-state index in [-0.39, 0.29) is 5.56 Å². The molecule has 0 saturated heterocycles. The van der Waals surface area contributed by atoms with Crippen LogP contribution in [0.2, 0.25) is 0 Å². The molecule has 142 valence electrons. The Labute approximate surface area is 167 Å². The van der Waals surface area contributed by atoms with Crippen molar-refractivity contribution in [2.24, 2.45) is 4.99 Å². The Kier molecular flexibility index (Phi) is 5.34. The van der Waals surface area contributed by atoms with Crippen molar-refractivity contribution in [3.63, 3.8) is 0 Å². The van der Waals surface area contributed by atoms with E-state index in [1.165, 1.54) is 29.1 Å². The Bertz CT molecular complexity index is 1130. The quantitative estimate of drug-likeness (QED) is 0.474. The van der Waals surface area contributed by atoms with Crippen LogP contribution in [0.5, 0.6) is 0 Å². The molecule has 4 rings (SSSR count). The number of thioether (sulfide) groups is 1. The van der Waals surface area contributed by atoms with Gasteiger partial charge in [-0.15, -0.1) is 0 Å². The lowest BCUT2D eigenvalue weighted by atomic mass is 10.1. The molecule has 1 aliphatic heterocycles. The number of rotatable bonds is 6. The number of allylic oxidation sites excluding steroid dienone is 2. The average Bonchev–Trinajstić information content (AvgIpc) is 3.04. The van der Waals surface area contributed by atoms with Gasteiger partial charge in [-0.05, 0) is 31.4 Å². The molecule has 2 aromatic heterocycles. The SMILES string of the molecule is CC1=C(C)N=C(CSc2nc3nccnc3c(=O)n2CCc2ccccc2)C1. The van der Waals surface area contributed by atoms with Crippen LogP contribution in [-0.2, 0) is 13.0 Å². The minimum absolute atomic E-state index is 0.143. The van der Waals surface area contributed by atoms with Gasteiger partial charge in [-0.25, -0.2) is 15.0 Å². The molecule has 0 aliphatic carbocycles. The fraction of sp³-hybridized carbons (Fsp3) is 0.286. The Morgan fingerprint density at radius 2 is 1.89 bits per heavy atom. The number of nitrogens with zero attached hydrogens (tertiary/aromatic N) is 5. The van der Waals surface area contributed by atoms with Gasteiger partial charge >= 0.3 is 0 Å². The molecule has 0 amide bonds. The maximum Gasteiger partial charge on any atom is 0.282 e. The van der Waals surface area contributed by atoms with Crippen molar-refractivity contribution < 1.29 is 0 Å². The van der Waals surface area contributed by atoms with Crippen LogP contribution in [0.4, 0.5) is 0 Å². The Balaban J connectivity index is 1.63. The number of aromatic nitrogens is 4. The van der Waals surface area contributed by atoms with Crippen LogP contribution >= 0.6 is 11.8 Å². The normalized spacial score (nSPS) is 14.0. The van der Waals surface area contributed by atoms with E-state index < -0.39 is 0 Å². The molecule has 1 aliphatic rings. The maximum absolute atomic E-state index is 13.0. The van der Waals surface area contributed by atoms with Gasteiger partial charge in [0.25, 0.3) is 5.56 Å². The first-order chi connectivity index (χ1) is 13.6. The van der Waals surface area contributed by atoms with Crippen LogP contribution < -0.4 is 5.56 Å². The lowest BCUT2D eigenvalue weighted by molar-refractivity contribution is 0.593. The summed E-state index contributed by atoms with van der Waals surface area (Å²) in [5, 5.41) is 0.666. The van der Waals surface area contributed by atoms with Crippen LogP contribution in [0.3, 0.4) is 0 Å². The van der Waals surface area contributed by atoms with Gasteiger partial charge in [-0.2, -0.15) is 0 Å². The van der Waals surface area contributed by atoms with Crippen molar-refractivity contribution in [1.82, 2.24) is 19.5 Å². The van der Waals surface area contributed by atoms with E-state index >= 15 is 0 Å². The molecule has 1 aromatic carbocycles. The fourth-order valence-corrected chi connectivity index (χ4v) is 4.10. The highest BCUT2D eigenvalue weighted by atomic mass is 32.2. The van der Waals surface area contributed by atoms with Crippen molar-refractivity contribution in [2.75, 3.05) is 5.75 Å². The van der Waals surface area contributed by atoms with Crippen molar-refractivity contribution >= 4 is 28.6 Å². The number of fused-ring (bicyclic) bond motifs is 1. The van der Waals surface area contributed by atoms with Crippen molar-refractivity contribution in [3.8, 4) is 0 Å². The van der Waals surface area contributed by atoms with Gasteiger partial charge in [0.15, 0.2) is 16.3 Å². The molecule has 0 unspecified atom stereocenters. The van der Waals surface area contributed by atoms with Gasteiger partial charge in [0.1, 0.15) is 0 Å². The summed E-state index contributed by atoms with van der Waals surface area (Å²) in [6, 6.07) is 10.1. The minimum atomic E-state index is -0.143. The Morgan fingerprint density at radius 3 is 2.64 bits per heavy atom. The number of benzene rings is 1. The lowest BCUT2D eigenvalue weighted by Gasteiger charge is -2.12. The molecule has 3 heterocycles. The zero-order chi connectivity index (χ0) is 19.5. The second kappa shape index (κ2) is 8.06. The zero-order valence-electron chi connectivity index (χ0n) is 15.9. The van der Waals surface area contributed by atoms with E-state index in [0.717, 1.165) is 24.3 Å². The second-order valence-corrected chi connectivity index (χ2v) is 7.77. The van der Waals surface area contributed by atoms with Gasteiger partial charge in [-0.1, -0.05) is 42.1 Å². The highest BCUT2D eigenvalue weighted by molar-refractivity contribution is 7.99. The summed E-state index contributed by atoms with van der Waals surface area (Å²) in [7, 11) is 0. The number of hydrogen-bond donors (Lipinski definition) is 0. The smallest absolute Gasteiger partial charge is 0.282 e. The summed E-state index contributed by atoms with van der Waals surface area (Å²) in [6.07, 6.45) is 4.74. The summed E-state index contributed by atoms with van der Waals surface area (Å²) in [5.41, 5.74) is 5.25. The predicted molar refractivity (Wildman–Crippen MR) is 113 cm³/mol. The van der Waals surface area contributed by atoms with Crippen LogP contribution in [0.15, 0.2) is 68.9 Å². The minimum Gasteiger partial charge on any atom is -0.285 e. The maximum atomic E-state index is 13.0. The van der Waals surface area contributed by atoms with E-state index in [4.69, 9.17) is 0 Å². The van der Waals surface area contributed by atoms with Crippen molar-refractivity contribution in [1.29, 1.82) is 0 Å². The van der Waals surface area contributed by atoms with Gasteiger partial charge in [0.05, 0.1) is 0 Å². The lowest BCUT2D eigenvalue weighted by Crippen LogP contribution is -2.25. The van der Waals surface area contributed by atoms with Crippen molar-refractivity contribution in [2.45, 2.75) is 38.4 Å². The average molecular weight is 392 g/mol. The summed E-state index contributed by atoms with van der Waals surface area (Å²) in [6.45, 7) is 4.69. The number of hydrogen-bond acceptors (Lipinski definition) is 6. The molecule has 0 bridgehead atoms. The first kappa shape index (κ1) is 18.6. The molecule has 6 nitrogen and oxygen atoms in total. The molecule has 0 fully saturated rings. The van der Waals surface area contributed by atoms with Gasteiger partial charge in [0.2, 0.25) is 0 Å². The number of aliphatic imine (C=N–C) groups is 1. The first-order valence-electron chi connectivity index (χ1n) is 9.23. The number of aryl methyl sites for hydroxylation is 1. The van der Waals surface area contributed by atoms with Crippen LogP contribution in [-0.4, -0.2) is 31.0 Å². The Morgan fingerprint density at radius 1 is 1.11 bits per heavy atom. The predicted octanol–water partition coefficient (Wildman–Crippen LogP) is 3.66. The molecule has 28 heavy (non-hydrogen) atoms. The van der Waals surface area contributed by atoms with E-state index in [0.29, 0.717) is 28.6 Å². The zero-order valence-corrected chi connectivity index (χ0v) is 16.7. The fourth-order valence-electron chi connectivity index (χ4n) is 3.16. The van der Waals surface area contributed by atoms with Crippen LogP contribution in [0, 0.1) is 0 Å². The third kappa shape index (κ3) is 3.89. The summed E-state index contributed by atoms with van der Waals surface area (Å²) < 4.78 is 1.72. The summed E-state index contributed by atoms with van der Waals surface area (Å²) in [4.78, 5) is 30.7. The standard InChI is InChI=1S/C21H21N5OS/c1-14-12-17(24-15(14)2)13-28-21-25-19-18(22-9-10-23-19)20(27)26(21)11-8-16-6-4-3-5-7-16/h3-7,9-10H,8,11-13H2,1-2H3. The van der Waals surface area contributed by atoms with E-state index in [2.05, 4.69) is 39.0 Å². The molecular formula is C21H21N5OS. The molecule has 3 aromatic rings. The molecule has 0 N–H and O–H groups in total. The van der Waals surface area contributed by atoms with E-state index in [9.17, 15) is 4.79 Å². The molecule has 0 saturated carbocycles. The highest BCUT2D eigenvalue weighted by Gasteiger charge is 2.16. The van der Waals surface area contributed by atoms with Gasteiger partial charge < -0.3 is 0 Å². The molecule has 0 atom stereocenters. The van der Waals surface area contributed by atoms with E-state index in [1.54, 1.807) is 10.8 Å². The summed E-state index contributed by atoms with van der Waals surface area (Å²) >= 11 is 1.54. The van der Waals surface area contributed by atoms with Crippen molar-refractivity contribution in [3.05, 3.63) is 69.9 Å². The van der Waals surface area contributed by atoms with Gasteiger partial charge in [0, 0.05) is 42.5 Å². The second-order valence-electron chi connectivity index (χ2n) is 6.82. The van der Waals surface area contributed by atoms with Crippen LogP contribution in [0.1, 0.15) is 25.8 Å². The topological polar surface area (TPSA) is 73.0 Å². The van der Waals surface area contributed by atoms with E-state index in [1.807, 2.05) is 25.1 Å². The molecule has 7 heteroatoms. The largest absolute Gasteiger partial charge is 0.285 e. The third-order valence-corrected chi connectivity index (χ3v) is 5.85. The third-order valence-electron chi connectivity index (χ3n) is 4.81. The highest BCUT2D eigenvalue weighted by Crippen LogP contribution is 2.24. The Hall–Kier alpha value is -2.80. The molecule has 0 radical (unpaired) electrons. The summed E-state index contributed by atoms with van der Waals surface area (Å²) in [5.74, 6) is 0.707. The molecular weight excluding hydrogens is 370 g/mol. The van der Waals surface area contributed by atoms with Crippen LogP contribution in [0.25, 0.3) is 11.2 Å². The first-order valence-corrected chi connectivity index (χ1v) is 10.2. The monoisotopic (exact) mass is 391 g/mol.